The molecule has 0 spiro atoms. The zero-order valence-electron chi connectivity index (χ0n) is 11.1. The Morgan fingerprint density at radius 2 is 2.05 bits per heavy atom. The zero-order valence-corrected chi connectivity index (χ0v) is 11.1. The highest BCUT2D eigenvalue weighted by Crippen LogP contribution is 2.27. The highest BCUT2D eigenvalue weighted by atomic mass is 19.1. The molecule has 0 bridgehead atoms. The number of aromatic nitrogens is 1. The molecule has 5 heteroatoms. The highest BCUT2D eigenvalue weighted by Gasteiger charge is 2.16. The van der Waals surface area contributed by atoms with Gasteiger partial charge in [-0.05, 0) is 32.0 Å². The molecule has 0 amide bonds. The van der Waals surface area contributed by atoms with Gasteiger partial charge in [-0.1, -0.05) is 6.92 Å². The average molecular weight is 266 g/mol. The van der Waals surface area contributed by atoms with E-state index >= 15 is 0 Å². The van der Waals surface area contributed by atoms with Crippen LogP contribution in [0.15, 0.2) is 22.7 Å². The summed E-state index contributed by atoms with van der Waals surface area (Å²) in [7, 11) is 0. The summed E-state index contributed by atoms with van der Waals surface area (Å²) in [5.41, 5.74) is 0.593. The first-order valence-electron chi connectivity index (χ1n) is 6.18. The van der Waals surface area contributed by atoms with E-state index in [1.165, 1.54) is 12.3 Å². The summed E-state index contributed by atoms with van der Waals surface area (Å²) in [5, 5.41) is 3.15. The van der Waals surface area contributed by atoms with Crippen molar-refractivity contribution in [2.45, 2.75) is 26.8 Å². The average Bonchev–Trinajstić information content (AvgIpc) is 2.83. The molecule has 0 aliphatic heterocycles. The van der Waals surface area contributed by atoms with Gasteiger partial charge in [0.2, 0.25) is 5.89 Å². The number of rotatable bonds is 4. The molecule has 102 valence electrons. The van der Waals surface area contributed by atoms with Gasteiger partial charge in [0.15, 0.2) is 5.76 Å². The number of nitrogens with zero attached hydrogens (tertiary/aromatic N) is 1. The SMILES string of the molecule is CCNC(C)c1ncc(-c2cc(C)c(F)cc2F)o1. The normalized spacial score (nSPS) is 12.7. The van der Waals surface area contributed by atoms with Crippen LogP contribution >= 0.6 is 0 Å². The lowest BCUT2D eigenvalue weighted by molar-refractivity contribution is 0.427. The molecular formula is C14H16F2N2O. The maximum Gasteiger partial charge on any atom is 0.211 e. The highest BCUT2D eigenvalue weighted by molar-refractivity contribution is 5.58. The third-order valence-corrected chi connectivity index (χ3v) is 2.92. The molecular weight excluding hydrogens is 250 g/mol. The van der Waals surface area contributed by atoms with Crippen molar-refractivity contribution in [1.82, 2.24) is 10.3 Å². The number of benzene rings is 1. The van der Waals surface area contributed by atoms with Crippen molar-refractivity contribution in [2.75, 3.05) is 6.54 Å². The molecule has 1 aromatic carbocycles. The van der Waals surface area contributed by atoms with Crippen LogP contribution in [0.2, 0.25) is 0 Å². The van der Waals surface area contributed by atoms with Gasteiger partial charge in [0, 0.05) is 6.07 Å². The molecule has 1 heterocycles. The quantitative estimate of drug-likeness (QED) is 0.918. The first-order chi connectivity index (χ1) is 9.02. The lowest BCUT2D eigenvalue weighted by Gasteiger charge is -2.07. The Bertz CT molecular complexity index is 581. The molecule has 0 aliphatic carbocycles. The molecule has 1 aromatic heterocycles. The van der Waals surface area contributed by atoms with E-state index in [0.717, 1.165) is 12.6 Å². The first kappa shape index (κ1) is 13.7. The van der Waals surface area contributed by atoms with Gasteiger partial charge in [0.05, 0.1) is 17.8 Å². The molecule has 0 saturated heterocycles. The van der Waals surface area contributed by atoms with E-state index in [0.29, 0.717) is 17.2 Å². The van der Waals surface area contributed by atoms with Gasteiger partial charge in [0.1, 0.15) is 11.6 Å². The maximum atomic E-state index is 13.7. The van der Waals surface area contributed by atoms with E-state index in [-0.39, 0.29) is 11.6 Å². The topological polar surface area (TPSA) is 38.1 Å². The second-order valence-electron chi connectivity index (χ2n) is 4.42. The Labute approximate surface area is 110 Å². The predicted molar refractivity (Wildman–Crippen MR) is 68.7 cm³/mol. The Morgan fingerprint density at radius 1 is 1.32 bits per heavy atom. The number of nitrogens with one attached hydrogen (secondary N) is 1. The lowest BCUT2D eigenvalue weighted by Crippen LogP contribution is -2.17. The standard InChI is InChI=1S/C14H16F2N2O/c1-4-17-9(3)14-18-7-13(19-14)10-5-8(2)11(15)6-12(10)16/h5-7,9,17H,4H2,1-3H3. The smallest absolute Gasteiger partial charge is 0.211 e. The fourth-order valence-corrected chi connectivity index (χ4v) is 1.85. The lowest BCUT2D eigenvalue weighted by atomic mass is 10.1. The van der Waals surface area contributed by atoms with Gasteiger partial charge < -0.3 is 9.73 Å². The third kappa shape index (κ3) is 2.81. The minimum atomic E-state index is -0.651. The van der Waals surface area contributed by atoms with Crippen LogP contribution in [-0.2, 0) is 0 Å². The van der Waals surface area contributed by atoms with Crippen LogP contribution in [0, 0.1) is 18.6 Å². The van der Waals surface area contributed by atoms with Crippen LogP contribution in [0.1, 0.15) is 31.3 Å². The monoisotopic (exact) mass is 266 g/mol. The van der Waals surface area contributed by atoms with Gasteiger partial charge in [0.25, 0.3) is 0 Å². The molecule has 0 fully saturated rings. The van der Waals surface area contributed by atoms with E-state index in [9.17, 15) is 8.78 Å². The van der Waals surface area contributed by atoms with Crippen molar-refractivity contribution in [3.05, 3.63) is 41.4 Å². The van der Waals surface area contributed by atoms with Crippen LogP contribution in [0.5, 0.6) is 0 Å². The predicted octanol–water partition coefficient (Wildman–Crippen LogP) is 3.60. The van der Waals surface area contributed by atoms with Crippen molar-refractivity contribution in [3.8, 4) is 11.3 Å². The summed E-state index contributed by atoms with van der Waals surface area (Å²) < 4.78 is 32.5. The van der Waals surface area contributed by atoms with E-state index in [4.69, 9.17) is 4.42 Å². The molecule has 19 heavy (non-hydrogen) atoms. The van der Waals surface area contributed by atoms with E-state index in [1.807, 2.05) is 13.8 Å². The van der Waals surface area contributed by atoms with E-state index in [2.05, 4.69) is 10.3 Å². The number of hydrogen-bond acceptors (Lipinski definition) is 3. The van der Waals surface area contributed by atoms with Gasteiger partial charge in [-0.15, -0.1) is 0 Å². The second kappa shape index (κ2) is 5.48. The number of halogens is 2. The summed E-state index contributed by atoms with van der Waals surface area (Å²) >= 11 is 0. The van der Waals surface area contributed by atoms with Crippen molar-refractivity contribution in [3.63, 3.8) is 0 Å². The number of oxazole rings is 1. The summed E-state index contributed by atoms with van der Waals surface area (Å²) in [6, 6.07) is 2.23. The molecule has 3 nitrogen and oxygen atoms in total. The van der Waals surface area contributed by atoms with Crippen molar-refractivity contribution >= 4 is 0 Å². The molecule has 1 N–H and O–H groups in total. The summed E-state index contributed by atoms with van der Waals surface area (Å²) in [6.07, 6.45) is 1.46. The Balaban J connectivity index is 2.35. The van der Waals surface area contributed by atoms with Gasteiger partial charge in [-0.2, -0.15) is 0 Å². The minimum Gasteiger partial charge on any atom is -0.439 e. The van der Waals surface area contributed by atoms with Gasteiger partial charge in [-0.25, -0.2) is 13.8 Å². The summed E-state index contributed by atoms with van der Waals surface area (Å²) in [6.45, 7) is 6.24. The molecule has 0 aliphatic rings. The molecule has 0 radical (unpaired) electrons. The number of aryl methyl sites for hydroxylation is 1. The maximum absolute atomic E-state index is 13.7. The van der Waals surface area contributed by atoms with Crippen LogP contribution in [0.3, 0.4) is 0 Å². The van der Waals surface area contributed by atoms with E-state index < -0.39 is 11.6 Å². The molecule has 2 rings (SSSR count). The van der Waals surface area contributed by atoms with Crippen molar-refractivity contribution in [2.24, 2.45) is 0 Å². The van der Waals surface area contributed by atoms with Crippen LogP contribution < -0.4 is 5.32 Å². The fraction of sp³-hybridized carbons (Fsp3) is 0.357. The summed E-state index contributed by atoms with van der Waals surface area (Å²) in [5.74, 6) is -0.428. The minimum absolute atomic E-state index is 0.0524. The summed E-state index contributed by atoms with van der Waals surface area (Å²) in [4.78, 5) is 4.11. The first-order valence-corrected chi connectivity index (χ1v) is 6.18. The van der Waals surface area contributed by atoms with Crippen LogP contribution in [-0.4, -0.2) is 11.5 Å². The van der Waals surface area contributed by atoms with Crippen LogP contribution in [0.4, 0.5) is 8.78 Å². The molecule has 1 unspecified atom stereocenters. The van der Waals surface area contributed by atoms with Gasteiger partial charge >= 0.3 is 0 Å². The fourth-order valence-electron chi connectivity index (χ4n) is 1.85. The van der Waals surface area contributed by atoms with E-state index in [1.54, 1.807) is 6.92 Å². The van der Waals surface area contributed by atoms with Crippen LogP contribution in [0.25, 0.3) is 11.3 Å². The second-order valence-corrected chi connectivity index (χ2v) is 4.42. The molecule has 0 saturated carbocycles. The van der Waals surface area contributed by atoms with Crippen molar-refractivity contribution < 1.29 is 13.2 Å². The van der Waals surface area contributed by atoms with Gasteiger partial charge in [-0.3, -0.25) is 0 Å². The molecule has 2 aromatic rings. The zero-order chi connectivity index (χ0) is 14.0. The Hall–Kier alpha value is -1.75. The Morgan fingerprint density at radius 3 is 2.74 bits per heavy atom. The Kier molecular flexibility index (Phi) is 3.95. The largest absolute Gasteiger partial charge is 0.439 e. The third-order valence-electron chi connectivity index (χ3n) is 2.92. The molecule has 1 atom stereocenters. The number of hydrogen-bond donors (Lipinski definition) is 1. The van der Waals surface area contributed by atoms with Crippen molar-refractivity contribution in [1.29, 1.82) is 0 Å².